The molecule has 2 heterocycles. The zero-order valence-electron chi connectivity index (χ0n) is 13.4. The zero-order chi connectivity index (χ0) is 17.4. The smallest absolute Gasteiger partial charge is 0.322 e. The Morgan fingerprint density at radius 2 is 2.08 bits per heavy atom. The molecule has 2 aromatic carbocycles. The molecule has 8 heteroatoms. The van der Waals surface area contributed by atoms with Gasteiger partial charge in [-0.1, -0.05) is 34.1 Å². The van der Waals surface area contributed by atoms with Crippen LogP contribution in [-0.2, 0) is 0 Å². The van der Waals surface area contributed by atoms with E-state index >= 15 is 0 Å². The van der Waals surface area contributed by atoms with Gasteiger partial charge in [0.2, 0.25) is 5.89 Å². The molecule has 0 saturated carbocycles. The average molecular weight is 373 g/mol. The number of hydrogen-bond acceptors (Lipinski definition) is 7. The van der Waals surface area contributed by atoms with Crippen LogP contribution in [-0.4, -0.2) is 22.3 Å². The molecule has 0 spiro atoms. The van der Waals surface area contributed by atoms with E-state index in [0.717, 1.165) is 27.1 Å². The number of ether oxygens (including phenoxy) is 1. The van der Waals surface area contributed by atoms with E-state index in [1.807, 2.05) is 43.3 Å². The van der Waals surface area contributed by atoms with Crippen LogP contribution in [0.25, 0.3) is 21.7 Å². The largest absolute Gasteiger partial charge is 0.494 e. The molecule has 0 bridgehead atoms. The Labute approximate surface area is 152 Å². The Morgan fingerprint density at radius 1 is 1.20 bits per heavy atom. The van der Waals surface area contributed by atoms with Crippen LogP contribution in [0.1, 0.15) is 5.56 Å². The number of benzene rings is 2. The number of aromatic nitrogens is 3. The second-order valence-corrected chi connectivity index (χ2v) is 6.77. The van der Waals surface area contributed by atoms with Crippen molar-refractivity contribution in [3.05, 3.63) is 47.0 Å². The van der Waals surface area contributed by atoms with Crippen molar-refractivity contribution in [1.29, 1.82) is 0 Å². The first-order valence-electron chi connectivity index (χ1n) is 7.44. The number of halogens is 1. The maximum Gasteiger partial charge on any atom is 0.322 e. The summed E-state index contributed by atoms with van der Waals surface area (Å²) < 4.78 is 12.0. The number of nitrogens with one attached hydrogen (secondary N) is 1. The van der Waals surface area contributed by atoms with Crippen molar-refractivity contribution in [2.45, 2.75) is 6.92 Å². The third kappa shape index (κ3) is 3.04. The molecule has 0 atom stereocenters. The lowest BCUT2D eigenvalue weighted by Gasteiger charge is -1.99. The van der Waals surface area contributed by atoms with Crippen molar-refractivity contribution < 1.29 is 9.15 Å². The summed E-state index contributed by atoms with van der Waals surface area (Å²) in [5.74, 6) is 1.14. The summed E-state index contributed by atoms with van der Waals surface area (Å²) in [7, 11) is 1.62. The molecular formula is C17H13ClN4O2S. The van der Waals surface area contributed by atoms with Gasteiger partial charge in [0, 0.05) is 10.6 Å². The maximum atomic E-state index is 6.05. The van der Waals surface area contributed by atoms with E-state index in [9.17, 15) is 0 Å². The lowest BCUT2D eigenvalue weighted by Crippen LogP contribution is -1.89. The topological polar surface area (TPSA) is 73.1 Å². The molecule has 4 rings (SSSR count). The summed E-state index contributed by atoms with van der Waals surface area (Å²) in [6.45, 7) is 1.93. The van der Waals surface area contributed by atoms with Crippen molar-refractivity contribution in [1.82, 2.24) is 15.2 Å². The van der Waals surface area contributed by atoms with Gasteiger partial charge in [-0.3, -0.25) is 5.32 Å². The molecule has 6 nitrogen and oxygen atoms in total. The highest BCUT2D eigenvalue weighted by Gasteiger charge is 2.13. The van der Waals surface area contributed by atoms with Gasteiger partial charge in [-0.25, -0.2) is 4.98 Å². The van der Waals surface area contributed by atoms with Crippen LogP contribution in [0, 0.1) is 6.92 Å². The maximum absolute atomic E-state index is 6.05. The highest BCUT2D eigenvalue weighted by Crippen LogP contribution is 2.33. The monoisotopic (exact) mass is 372 g/mol. The van der Waals surface area contributed by atoms with Crippen LogP contribution in [0.5, 0.6) is 5.75 Å². The minimum atomic E-state index is 0.278. The molecule has 0 aliphatic carbocycles. The lowest BCUT2D eigenvalue weighted by atomic mass is 10.1. The molecule has 2 aromatic heterocycles. The standard InChI is InChI=1S/C17H13ClN4O2S/c1-9-8-10(6-7-11(9)18)15-21-22-16(24-15)20-17-19-14-12(23-2)4-3-5-13(14)25-17/h3-8H,1-2H3,(H,19,20,22). The first kappa shape index (κ1) is 15.9. The molecule has 25 heavy (non-hydrogen) atoms. The van der Waals surface area contributed by atoms with Gasteiger partial charge in [-0.2, -0.15) is 0 Å². The third-order valence-electron chi connectivity index (χ3n) is 3.65. The number of methoxy groups -OCH3 is 1. The summed E-state index contributed by atoms with van der Waals surface area (Å²) in [6, 6.07) is 11.6. The van der Waals surface area contributed by atoms with E-state index in [-0.39, 0.29) is 6.01 Å². The first-order valence-corrected chi connectivity index (χ1v) is 8.64. The zero-order valence-corrected chi connectivity index (χ0v) is 15.0. The van der Waals surface area contributed by atoms with Crippen molar-refractivity contribution in [2.24, 2.45) is 0 Å². The minimum absolute atomic E-state index is 0.278. The van der Waals surface area contributed by atoms with Gasteiger partial charge < -0.3 is 9.15 Å². The highest BCUT2D eigenvalue weighted by atomic mass is 35.5. The number of aryl methyl sites for hydroxylation is 1. The second kappa shape index (κ2) is 6.34. The van der Waals surface area contributed by atoms with Gasteiger partial charge in [0.25, 0.3) is 0 Å². The van der Waals surface area contributed by atoms with Gasteiger partial charge in [0.05, 0.1) is 11.8 Å². The van der Waals surface area contributed by atoms with E-state index in [2.05, 4.69) is 20.5 Å². The SMILES string of the molecule is COc1cccc2sc(Nc3nnc(-c4ccc(Cl)c(C)c4)o3)nc12. The Balaban J connectivity index is 1.62. The van der Waals surface area contributed by atoms with E-state index in [0.29, 0.717) is 16.0 Å². The number of fused-ring (bicyclic) bond motifs is 1. The molecule has 0 aliphatic heterocycles. The predicted molar refractivity (Wildman–Crippen MR) is 98.9 cm³/mol. The van der Waals surface area contributed by atoms with E-state index in [1.165, 1.54) is 11.3 Å². The molecule has 126 valence electrons. The molecule has 0 fully saturated rings. The van der Waals surface area contributed by atoms with E-state index < -0.39 is 0 Å². The average Bonchev–Trinajstić information content (AvgIpc) is 3.23. The van der Waals surface area contributed by atoms with Crippen LogP contribution in [0.15, 0.2) is 40.8 Å². The minimum Gasteiger partial charge on any atom is -0.494 e. The van der Waals surface area contributed by atoms with Crippen LogP contribution < -0.4 is 10.1 Å². The summed E-state index contributed by atoms with van der Waals surface area (Å²) >= 11 is 7.53. The summed E-state index contributed by atoms with van der Waals surface area (Å²) in [4.78, 5) is 4.52. The lowest BCUT2D eigenvalue weighted by molar-refractivity contribution is 0.419. The number of anilines is 2. The van der Waals surface area contributed by atoms with Crippen molar-refractivity contribution >= 4 is 44.3 Å². The molecule has 4 aromatic rings. The fourth-order valence-electron chi connectivity index (χ4n) is 2.40. The molecular weight excluding hydrogens is 360 g/mol. The van der Waals surface area contributed by atoms with Gasteiger partial charge in [0.15, 0.2) is 5.13 Å². The fourth-order valence-corrected chi connectivity index (χ4v) is 3.39. The van der Waals surface area contributed by atoms with E-state index in [4.69, 9.17) is 20.8 Å². The Bertz CT molecular complexity index is 1060. The molecule has 0 amide bonds. The van der Waals surface area contributed by atoms with Crippen LogP contribution >= 0.6 is 22.9 Å². The van der Waals surface area contributed by atoms with Crippen molar-refractivity contribution in [3.8, 4) is 17.2 Å². The quantitative estimate of drug-likeness (QED) is 0.539. The predicted octanol–water partition coefficient (Wildman–Crippen LogP) is 5.06. The van der Waals surface area contributed by atoms with Gasteiger partial charge in [-0.15, -0.1) is 5.10 Å². The first-order chi connectivity index (χ1) is 12.1. The number of para-hydroxylation sites is 1. The van der Waals surface area contributed by atoms with Crippen LogP contribution in [0.4, 0.5) is 11.1 Å². The molecule has 0 radical (unpaired) electrons. The molecule has 0 unspecified atom stereocenters. The van der Waals surface area contributed by atoms with Crippen LogP contribution in [0.2, 0.25) is 5.02 Å². The Morgan fingerprint density at radius 3 is 2.88 bits per heavy atom. The van der Waals surface area contributed by atoms with Crippen molar-refractivity contribution in [3.63, 3.8) is 0 Å². The summed E-state index contributed by atoms with van der Waals surface area (Å²) in [5, 5.41) is 12.5. The van der Waals surface area contributed by atoms with Gasteiger partial charge in [-0.05, 0) is 42.8 Å². The third-order valence-corrected chi connectivity index (χ3v) is 5.01. The summed E-state index contributed by atoms with van der Waals surface area (Å²) in [5.41, 5.74) is 2.56. The molecule has 0 saturated heterocycles. The Kier molecular flexibility index (Phi) is 4.03. The summed E-state index contributed by atoms with van der Waals surface area (Å²) in [6.07, 6.45) is 0. The number of rotatable bonds is 4. The normalized spacial score (nSPS) is 11.0. The molecule has 0 aliphatic rings. The second-order valence-electron chi connectivity index (χ2n) is 5.33. The van der Waals surface area contributed by atoms with Crippen molar-refractivity contribution in [2.75, 3.05) is 12.4 Å². The Hall–Kier alpha value is -2.64. The van der Waals surface area contributed by atoms with E-state index in [1.54, 1.807) is 7.11 Å². The van der Waals surface area contributed by atoms with Gasteiger partial charge >= 0.3 is 6.01 Å². The highest BCUT2D eigenvalue weighted by molar-refractivity contribution is 7.22. The number of nitrogens with zero attached hydrogens (tertiary/aromatic N) is 3. The number of thiazole rings is 1. The fraction of sp³-hybridized carbons (Fsp3) is 0.118. The van der Waals surface area contributed by atoms with Crippen LogP contribution in [0.3, 0.4) is 0 Å². The number of hydrogen-bond donors (Lipinski definition) is 1. The molecule has 1 N–H and O–H groups in total. The van der Waals surface area contributed by atoms with Gasteiger partial charge in [0.1, 0.15) is 11.3 Å².